The number of anilines is 1. The van der Waals surface area contributed by atoms with E-state index < -0.39 is 18.1 Å². The quantitative estimate of drug-likeness (QED) is 0.536. The number of carboxylic acid groups (broad SMARTS) is 1. The first kappa shape index (κ1) is 20.8. The number of carbonyl (C=O) groups excluding carboxylic acids is 1. The van der Waals surface area contributed by atoms with Gasteiger partial charge in [0.25, 0.3) is 0 Å². The Hall–Kier alpha value is -2.49. The number of benzene rings is 2. The maximum atomic E-state index is 12.3. The number of aromatic nitrogens is 1. The first-order chi connectivity index (χ1) is 14.3. The van der Waals surface area contributed by atoms with E-state index in [1.165, 1.54) is 23.1 Å². The van der Waals surface area contributed by atoms with Crippen LogP contribution in [0.1, 0.15) is 25.3 Å². The molecule has 9 heteroatoms. The summed E-state index contributed by atoms with van der Waals surface area (Å²) in [7, 11) is 0. The number of carboxylic acids is 1. The second-order valence-corrected chi connectivity index (χ2v) is 9.70. The fourth-order valence-electron chi connectivity index (χ4n) is 3.35. The number of thioether (sulfide) groups is 1. The maximum absolute atomic E-state index is 12.3. The van der Waals surface area contributed by atoms with Crippen LogP contribution in [0.4, 0.5) is 5.69 Å². The molecule has 0 aliphatic carbocycles. The fraction of sp³-hybridized carbons (Fsp3) is 0.333. The van der Waals surface area contributed by atoms with Crippen molar-refractivity contribution < 1.29 is 14.7 Å². The Balaban J connectivity index is 1.62. The summed E-state index contributed by atoms with van der Waals surface area (Å²) in [4.78, 5) is 32.4. The predicted molar refractivity (Wildman–Crippen MR) is 124 cm³/mol. The van der Waals surface area contributed by atoms with Crippen LogP contribution >= 0.6 is 23.1 Å². The number of nitrogens with two attached hydrogens (primary N) is 1. The zero-order valence-corrected chi connectivity index (χ0v) is 18.2. The standard InChI is InChI=1S/C21H22N4O3S2/c1-10(2)7-14(22)18(26)23-12-4-5-13-11(8-12)3-6-15-17(13)30-20(24-15)19-25-16(9-29-19)21(27)28/h3-6,8,10,14,16H,7,9,22H2,1-2H3,(H,23,26)(H,27,28)/t14-,16?/m0/s1. The molecule has 3 aromatic rings. The van der Waals surface area contributed by atoms with Gasteiger partial charge >= 0.3 is 5.97 Å². The predicted octanol–water partition coefficient (Wildman–Crippen LogP) is 3.71. The molecule has 156 valence electrons. The van der Waals surface area contributed by atoms with Gasteiger partial charge in [0.2, 0.25) is 5.91 Å². The third-order valence-corrected chi connectivity index (χ3v) is 7.11. The average Bonchev–Trinajstić information content (AvgIpc) is 3.34. The molecule has 1 aromatic heterocycles. The first-order valence-electron chi connectivity index (χ1n) is 9.65. The Morgan fingerprint density at radius 2 is 2.10 bits per heavy atom. The lowest BCUT2D eigenvalue weighted by atomic mass is 10.0. The summed E-state index contributed by atoms with van der Waals surface area (Å²) < 4.78 is 1.01. The molecule has 0 saturated carbocycles. The highest BCUT2D eigenvalue weighted by Gasteiger charge is 2.27. The third-order valence-electron chi connectivity index (χ3n) is 4.82. The molecule has 7 nitrogen and oxygen atoms in total. The summed E-state index contributed by atoms with van der Waals surface area (Å²) in [6.45, 7) is 4.07. The second kappa shape index (κ2) is 8.33. The Morgan fingerprint density at radius 3 is 2.80 bits per heavy atom. The van der Waals surface area contributed by atoms with Gasteiger partial charge in [0, 0.05) is 16.8 Å². The fourth-order valence-corrected chi connectivity index (χ4v) is 5.55. The first-order valence-corrected chi connectivity index (χ1v) is 11.5. The Bertz CT molecular complexity index is 1170. The lowest BCUT2D eigenvalue weighted by Gasteiger charge is -2.14. The van der Waals surface area contributed by atoms with Crippen molar-refractivity contribution in [2.24, 2.45) is 16.6 Å². The summed E-state index contributed by atoms with van der Waals surface area (Å²) in [5, 5.41) is 15.5. The number of nitrogens with one attached hydrogen (secondary N) is 1. The highest BCUT2D eigenvalue weighted by atomic mass is 32.2. The van der Waals surface area contributed by atoms with Gasteiger partial charge in [0.15, 0.2) is 6.04 Å². The van der Waals surface area contributed by atoms with Crippen molar-refractivity contribution in [3.05, 3.63) is 35.3 Å². The SMILES string of the molecule is CC(C)C[C@H](N)C(=O)Nc1ccc2c(ccc3nc(C4=NC(C(=O)O)CS4)sc32)c1. The van der Waals surface area contributed by atoms with E-state index >= 15 is 0 Å². The highest BCUT2D eigenvalue weighted by Crippen LogP contribution is 2.35. The van der Waals surface area contributed by atoms with E-state index in [2.05, 4.69) is 15.3 Å². The van der Waals surface area contributed by atoms with E-state index in [0.717, 1.165) is 26.0 Å². The molecule has 2 atom stereocenters. The van der Waals surface area contributed by atoms with Crippen LogP contribution in [0.15, 0.2) is 35.3 Å². The normalized spacial score (nSPS) is 17.5. The van der Waals surface area contributed by atoms with Crippen LogP contribution in [-0.2, 0) is 9.59 Å². The molecule has 4 rings (SSSR count). The number of amides is 1. The van der Waals surface area contributed by atoms with Gasteiger partial charge in [-0.15, -0.1) is 23.1 Å². The molecule has 0 fully saturated rings. The van der Waals surface area contributed by atoms with Crippen molar-refractivity contribution in [1.29, 1.82) is 0 Å². The minimum Gasteiger partial charge on any atom is -0.480 e. The van der Waals surface area contributed by atoms with E-state index in [1.54, 1.807) is 0 Å². The molecule has 2 aromatic carbocycles. The average molecular weight is 443 g/mol. The number of hydrogen-bond acceptors (Lipinski definition) is 7. The Labute approximate surface area is 181 Å². The molecule has 0 spiro atoms. The van der Waals surface area contributed by atoms with Crippen molar-refractivity contribution in [2.45, 2.75) is 32.4 Å². The van der Waals surface area contributed by atoms with Gasteiger partial charge in [0.1, 0.15) is 10.1 Å². The summed E-state index contributed by atoms with van der Waals surface area (Å²) in [5.74, 6) is -0.312. The van der Waals surface area contributed by atoms with E-state index in [-0.39, 0.29) is 5.91 Å². The Kier molecular flexibility index (Phi) is 5.77. The third kappa shape index (κ3) is 4.19. The summed E-state index contributed by atoms with van der Waals surface area (Å²) >= 11 is 2.93. The van der Waals surface area contributed by atoms with Crippen molar-refractivity contribution in [3.63, 3.8) is 0 Å². The van der Waals surface area contributed by atoms with E-state index in [4.69, 9.17) is 10.8 Å². The molecule has 0 saturated heterocycles. The molecular weight excluding hydrogens is 420 g/mol. The van der Waals surface area contributed by atoms with Gasteiger partial charge in [0.05, 0.1) is 16.3 Å². The summed E-state index contributed by atoms with van der Waals surface area (Å²) in [6, 6.07) is 8.41. The zero-order valence-electron chi connectivity index (χ0n) is 16.6. The molecule has 4 N–H and O–H groups in total. The molecule has 30 heavy (non-hydrogen) atoms. The van der Waals surface area contributed by atoms with Gasteiger partial charge in [-0.25, -0.2) is 9.78 Å². The van der Waals surface area contributed by atoms with Crippen LogP contribution in [0, 0.1) is 5.92 Å². The molecule has 0 bridgehead atoms. The van der Waals surface area contributed by atoms with Gasteiger partial charge in [-0.1, -0.05) is 26.0 Å². The smallest absolute Gasteiger partial charge is 0.329 e. The number of nitrogens with zero attached hydrogens (tertiary/aromatic N) is 2. The number of hydrogen-bond donors (Lipinski definition) is 3. The number of rotatable bonds is 6. The number of fused-ring (bicyclic) bond motifs is 3. The van der Waals surface area contributed by atoms with Crippen LogP contribution < -0.4 is 11.1 Å². The molecule has 1 aliphatic rings. The summed E-state index contributed by atoms with van der Waals surface area (Å²) in [5.41, 5.74) is 7.53. The molecule has 1 amide bonds. The topological polar surface area (TPSA) is 118 Å². The minimum absolute atomic E-state index is 0.187. The number of aliphatic imine (C=N–C) groups is 1. The zero-order chi connectivity index (χ0) is 21.4. The minimum atomic E-state index is -0.910. The number of thiazole rings is 1. The molecule has 0 radical (unpaired) electrons. The van der Waals surface area contributed by atoms with Crippen molar-refractivity contribution in [3.8, 4) is 0 Å². The van der Waals surface area contributed by atoms with Crippen molar-refractivity contribution >= 4 is 66.7 Å². The lowest BCUT2D eigenvalue weighted by molar-refractivity contribution is -0.137. The van der Waals surface area contributed by atoms with Crippen molar-refractivity contribution in [2.75, 3.05) is 11.1 Å². The van der Waals surface area contributed by atoms with E-state index in [9.17, 15) is 9.59 Å². The molecule has 1 aliphatic heterocycles. The molecular formula is C21H22N4O3S2. The van der Waals surface area contributed by atoms with Crippen LogP contribution in [-0.4, -0.2) is 44.8 Å². The van der Waals surface area contributed by atoms with Crippen LogP contribution in [0.5, 0.6) is 0 Å². The van der Waals surface area contributed by atoms with Crippen LogP contribution in [0.2, 0.25) is 0 Å². The van der Waals surface area contributed by atoms with E-state index in [0.29, 0.717) is 28.8 Å². The second-order valence-electron chi connectivity index (χ2n) is 7.69. The van der Waals surface area contributed by atoms with Gasteiger partial charge < -0.3 is 16.2 Å². The lowest BCUT2D eigenvalue weighted by Crippen LogP contribution is -2.36. The van der Waals surface area contributed by atoms with Crippen molar-refractivity contribution in [1.82, 2.24) is 4.98 Å². The van der Waals surface area contributed by atoms with E-state index in [1.807, 2.05) is 44.2 Å². The van der Waals surface area contributed by atoms with Gasteiger partial charge in [-0.05, 0) is 35.9 Å². The monoisotopic (exact) mass is 442 g/mol. The van der Waals surface area contributed by atoms with Gasteiger partial charge in [-0.2, -0.15) is 0 Å². The maximum Gasteiger partial charge on any atom is 0.329 e. The van der Waals surface area contributed by atoms with Crippen LogP contribution in [0.3, 0.4) is 0 Å². The largest absolute Gasteiger partial charge is 0.480 e. The molecule has 1 unspecified atom stereocenters. The highest BCUT2D eigenvalue weighted by molar-refractivity contribution is 8.15. The number of aliphatic carboxylic acids is 1. The van der Waals surface area contributed by atoms with Gasteiger partial charge in [-0.3, -0.25) is 9.79 Å². The number of carbonyl (C=O) groups is 2. The van der Waals surface area contributed by atoms with Crippen LogP contribution in [0.25, 0.3) is 21.0 Å². The summed E-state index contributed by atoms with van der Waals surface area (Å²) in [6.07, 6.45) is 0.633. The molecule has 2 heterocycles. The Morgan fingerprint density at radius 1 is 1.30 bits per heavy atom.